The molecular formula is C15H22N4O4. The molecule has 0 aromatic heterocycles. The molecule has 1 aromatic carbocycles. The number of urea groups is 1. The van der Waals surface area contributed by atoms with Crippen LogP contribution in [0, 0.1) is 10.1 Å². The first-order valence-corrected chi connectivity index (χ1v) is 7.50. The summed E-state index contributed by atoms with van der Waals surface area (Å²) in [5, 5.41) is 16.2. The van der Waals surface area contributed by atoms with Crippen molar-refractivity contribution in [2.45, 2.75) is 19.4 Å². The first kappa shape index (κ1) is 17.2. The van der Waals surface area contributed by atoms with Crippen molar-refractivity contribution < 1.29 is 14.5 Å². The van der Waals surface area contributed by atoms with Gasteiger partial charge in [0.2, 0.25) is 0 Å². The molecule has 0 unspecified atom stereocenters. The predicted octanol–water partition coefficient (Wildman–Crippen LogP) is 1.83. The van der Waals surface area contributed by atoms with Crippen LogP contribution in [0.3, 0.4) is 0 Å². The number of carbonyl (C=O) groups excluding carboxylic acids is 1. The Morgan fingerprint density at radius 3 is 2.74 bits per heavy atom. The van der Waals surface area contributed by atoms with Crippen LogP contribution in [0.4, 0.5) is 16.2 Å². The summed E-state index contributed by atoms with van der Waals surface area (Å²) in [7, 11) is 0. The molecule has 8 nitrogen and oxygen atoms in total. The van der Waals surface area contributed by atoms with E-state index in [0.29, 0.717) is 25.4 Å². The number of carbonyl (C=O) groups is 1. The van der Waals surface area contributed by atoms with Gasteiger partial charge in [-0.25, -0.2) is 4.79 Å². The maximum atomic E-state index is 12.0. The van der Waals surface area contributed by atoms with E-state index in [0.717, 1.165) is 13.1 Å². The lowest BCUT2D eigenvalue weighted by Crippen LogP contribution is -2.55. The Hall–Kier alpha value is -2.19. The monoisotopic (exact) mass is 322 g/mol. The molecular weight excluding hydrogens is 300 g/mol. The number of nitrogens with one attached hydrogen (secondary N) is 2. The van der Waals surface area contributed by atoms with Crippen molar-refractivity contribution in [2.75, 3.05) is 38.2 Å². The summed E-state index contributed by atoms with van der Waals surface area (Å²) in [6.07, 6.45) is 0. The van der Waals surface area contributed by atoms with Crippen LogP contribution < -0.4 is 10.6 Å². The number of nitrogens with zero attached hydrogens (tertiary/aromatic N) is 2. The summed E-state index contributed by atoms with van der Waals surface area (Å²) in [5.74, 6) is 0. The molecule has 0 aliphatic carbocycles. The number of morpholine rings is 1. The third-order valence-corrected chi connectivity index (χ3v) is 3.86. The van der Waals surface area contributed by atoms with E-state index >= 15 is 0 Å². The Morgan fingerprint density at radius 2 is 2.09 bits per heavy atom. The zero-order chi connectivity index (χ0) is 16.9. The molecule has 1 aliphatic rings. The maximum absolute atomic E-state index is 12.0. The molecule has 0 spiro atoms. The number of hydrogen-bond donors (Lipinski definition) is 2. The van der Waals surface area contributed by atoms with Crippen LogP contribution in [0.5, 0.6) is 0 Å². The van der Waals surface area contributed by atoms with Crippen molar-refractivity contribution in [2.24, 2.45) is 0 Å². The second kappa shape index (κ2) is 7.38. The lowest BCUT2D eigenvalue weighted by Gasteiger charge is -2.40. The highest BCUT2D eigenvalue weighted by atomic mass is 16.6. The minimum absolute atomic E-state index is 0.0588. The van der Waals surface area contributed by atoms with Crippen LogP contribution in [0.1, 0.15) is 13.8 Å². The molecule has 2 rings (SSSR count). The number of anilines is 1. The van der Waals surface area contributed by atoms with Crippen molar-refractivity contribution in [3.05, 3.63) is 34.4 Å². The van der Waals surface area contributed by atoms with E-state index in [4.69, 9.17) is 4.74 Å². The third kappa shape index (κ3) is 4.90. The highest BCUT2D eigenvalue weighted by Gasteiger charge is 2.28. The minimum Gasteiger partial charge on any atom is -0.379 e. The molecule has 2 amide bonds. The normalized spacial score (nSPS) is 15.9. The van der Waals surface area contributed by atoms with E-state index in [1.54, 1.807) is 6.07 Å². The highest BCUT2D eigenvalue weighted by molar-refractivity contribution is 5.89. The van der Waals surface area contributed by atoms with Gasteiger partial charge in [0.25, 0.3) is 5.69 Å². The number of hydrogen-bond acceptors (Lipinski definition) is 5. The largest absolute Gasteiger partial charge is 0.379 e. The summed E-state index contributed by atoms with van der Waals surface area (Å²) in [4.78, 5) is 24.5. The van der Waals surface area contributed by atoms with Crippen LogP contribution in [0.25, 0.3) is 0 Å². The van der Waals surface area contributed by atoms with Gasteiger partial charge in [0, 0.05) is 43.0 Å². The van der Waals surface area contributed by atoms with Crippen molar-refractivity contribution in [1.29, 1.82) is 0 Å². The summed E-state index contributed by atoms with van der Waals surface area (Å²) in [6.45, 7) is 7.65. The average Bonchev–Trinajstić information content (AvgIpc) is 2.54. The van der Waals surface area contributed by atoms with Crippen molar-refractivity contribution in [3.63, 3.8) is 0 Å². The molecule has 1 fully saturated rings. The Labute approximate surface area is 134 Å². The van der Waals surface area contributed by atoms with Crippen molar-refractivity contribution in [1.82, 2.24) is 10.2 Å². The van der Waals surface area contributed by atoms with Gasteiger partial charge in [0.15, 0.2) is 0 Å². The van der Waals surface area contributed by atoms with Crippen molar-refractivity contribution >= 4 is 17.4 Å². The first-order chi connectivity index (χ1) is 10.9. The van der Waals surface area contributed by atoms with Gasteiger partial charge in [0.1, 0.15) is 0 Å². The van der Waals surface area contributed by atoms with Crippen LogP contribution in [0.2, 0.25) is 0 Å². The Bertz CT molecular complexity index is 570. The summed E-state index contributed by atoms with van der Waals surface area (Å²) < 4.78 is 5.33. The highest BCUT2D eigenvalue weighted by Crippen LogP contribution is 2.17. The fraction of sp³-hybridized carbons (Fsp3) is 0.533. The van der Waals surface area contributed by atoms with Crippen LogP contribution >= 0.6 is 0 Å². The molecule has 0 saturated carbocycles. The molecule has 1 saturated heterocycles. The number of ether oxygens (including phenoxy) is 1. The second-order valence-corrected chi connectivity index (χ2v) is 6.03. The van der Waals surface area contributed by atoms with Crippen LogP contribution in [-0.4, -0.2) is 54.2 Å². The fourth-order valence-electron chi connectivity index (χ4n) is 2.45. The second-order valence-electron chi connectivity index (χ2n) is 6.03. The zero-order valence-corrected chi connectivity index (χ0v) is 13.4. The van der Waals surface area contributed by atoms with Crippen LogP contribution in [-0.2, 0) is 4.74 Å². The molecule has 23 heavy (non-hydrogen) atoms. The molecule has 0 atom stereocenters. The van der Waals surface area contributed by atoms with Gasteiger partial charge < -0.3 is 15.4 Å². The molecule has 126 valence electrons. The maximum Gasteiger partial charge on any atom is 0.319 e. The zero-order valence-electron chi connectivity index (χ0n) is 13.4. The SMILES string of the molecule is CC(C)(CNC(=O)Nc1cccc([N+](=O)[O-])c1)N1CCOCC1. The van der Waals surface area contributed by atoms with E-state index in [1.165, 1.54) is 18.2 Å². The Kier molecular flexibility index (Phi) is 5.51. The molecule has 0 bridgehead atoms. The molecule has 0 radical (unpaired) electrons. The van der Waals surface area contributed by atoms with Crippen LogP contribution in [0.15, 0.2) is 24.3 Å². The van der Waals surface area contributed by atoms with E-state index in [9.17, 15) is 14.9 Å². The third-order valence-electron chi connectivity index (χ3n) is 3.86. The van der Waals surface area contributed by atoms with Gasteiger partial charge in [0.05, 0.1) is 18.1 Å². The van der Waals surface area contributed by atoms with Gasteiger partial charge in [-0.05, 0) is 19.9 Å². The first-order valence-electron chi connectivity index (χ1n) is 7.50. The van der Waals surface area contributed by atoms with Gasteiger partial charge in [-0.1, -0.05) is 6.07 Å². The van der Waals surface area contributed by atoms with E-state index < -0.39 is 4.92 Å². The Balaban J connectivity index is 1.87. The predicted molar refractivity (Wildman–Crippen MR) is 86.6 cm³/mol. The van der Waals surface area contributed by atoms with Gasteiger partial charge in [-0.15, -0.1) is 0 Å². The number of nitro groups is 1. The summed E-state index contributed by atoms with van der Waals surface area (Å²) >= 11 is 0. The Morgan fingerprint density at radius 1 is 1.39 bits per heavy atom. The number of benzene rings is 1. The average molecular weight is 322 g/mol. The lowest BCUT2D eigenvalue weighted by molar-refractivity contribution is -0.384. The fourth-order valence-corrected chi connectivity index (χ4v) is 2.45. The van der Waals surface area contributed by atoms with E-state index in [2.05, 4.69) is 29.4 Å². The van der Waals surface area contributed by atoms with Gasteiger partial charge in [-0.3, -0.25) is 15.0 Å². The van der Waals surface area contributed by atoms with E-state index in [-0.39, 0.29) is 17.3 Å². The van der Waals surface area contributed by atoms with Gasteiger partial charge >= 0.3 is 6.03 Å². The molecule has 8 heteroatoms. The molecule has 2 N–H and O–H groups in total. The topological polar surface area (TPSA) is 96.7 Å². The summed E-state index contributed by atoms with van der Waals surface area (Å²) in [5.41, 5.74) is 0.140. The smallest absolute Gasteiger partial charge is 0.319 e. The summed E-state index contributed by atoms with van der Waals surface area (Å²) in [6, 6.07) is 5.47. The van der Waals surface area contributed by atoms with Crippen molar-refractivity contribution in [3.8, 4) is 0 Å². The standard InChI is InChI=1S/C15H22N4O4/c1-15(2,18-6-8-23-9-7-18)11-16-14(20)17-12-4-3-5-13(10-12)19(21)22/h3-5,10H,6-9,11H2,1-2H3,(H2,16,17,20). The minimum atomic E-state index is -0.495. The number of non-ortho nitro benzene ring substituents is 1. The van der Waals surface area contributed by atoms with Gasteiger partial charge in [-0.2, -0.15) is 0 Å². The molecule has 1 heterocycles. The lowest BCUT2D eigenvalue weighted by atomic mass is 10.0. The molecule has 1 aliphatic heterocycles. The quantitative estimate of drug-likeness (QED) is 0.637. The number of nitro benzene ring substituents is 1. The number of rotatable bonds is 5. The number of amides is 2. The molecule has 1 aromatic rings. The van der Waals surface area contributed by atoms with E-state index in [1.807, 2.05) is 0 Å².